The lowest BCUT2D eigenvalue weighted by atomic mass is 10.1. The van der Waals surface area contributed by atoms with Crippen molar-refractivity contribution in [3.63, 3.8) is 0 Å². The van der Waals surface area contributed by atoms with Crippen LogP contribution in [0.2, 0.25) is 0 Å². The van der Waals surface area contributed by atoms with Crippen molar-refractivity contribution >= 4 is 44.6 Å². The van der Waals surface area contributed by atoms with Gasteiger partial charge < -0.3 is 4.98 Å². The molecule has 0 fully saturated rings. The zero-order chi connectivity index (χ0) is 18.3. The quantitative estimate of drug-likeness (QED) is 0.511. The Balaban J connectivity index is 1.63. The lowest BCUT2D eigenvalue weighted by Crippen LogP contribution is -2.11. The van der Waals surface area contributed by atoms with E-state index in [0.29, 0.717) is 10.0 Å². The molecule has 1 amide bonds. The second kappa shape index (κ2) is 6.66. The van der Waals surface area contributed by atoms with Gasteiger partial charge in [-0.25, -0.2) is 9.97 Å². The molecule has 132 valence electrons. The largest absolute Gasteiger partial charge is 0.358 e. The Morgan fingerprint density at radius 3 is 2.81 bits per heavy atom. The maximum absolute atomic E-state index is 12.6. The summed E-state index contributed by atoms with van der Waals surface area (Å²) in [6.45, 7) is 5.95. The zero-order valence-electron chi connectivity index (χ0n) is 14.7. The standard InChI is InChI=1S/C19H18N4OS2/c1-4-15-21-11(3)17(26-15)18(24)23-19-22-14(9-25-19)16-10(2)20-13-8-6-5-7-12(13)16/h5-9,20H,4H2,1-3H3,(H,22,23,24). The van der Waals surface area contributed by atoms with E-state index < -0.39 is 0 Å². The van der Waals surface area contributed by atoms with Crippen LogP contribution in [-0.4, -0.2) is 20.9 Å². The van der Waals surface area contributed by atoms with Gasteiger partial charge in [0.2, 0.25) is 0 Å². The number of nitrogens with zero attached hydrogens (tertiary/aromatic N) is 2. The summed E-state index contributed by atoms with van der Waals surface area (Å²) in [6.07, 6.45) is 0.833. The molecule has 0 radical (unpaired) electrons. The van der Waals surface area contributed by atoms with Crippen molar-refractivity contribution in [1.29, 1.82) is 0 Å². The monoisotopic (exact) mass is 382 g/mol. The molecule has 0 aliphatic carbocycles. The van der Waals surface area contributed by atoms with E-state index in [2.05, 4.69) is 32.4 Å². The fourth-order valence-corrected chi connectivity index (χ4v) is 4.62. The van der Waals surface area contributed by atoms with E-state index in [-0.39, 0.29) is 5.91 Å². The summed E-state index contributed by atoms with van der Waals surface area (Å²) in [6, 6.07) is 8.17. The number of aromatic amines is 1. The number of aryl methyl sites for hydroxylation is 3. The van der Waals surface area contributed by atoms with Gasteiger partial charge in [-0.05, 0) is 26.3 Å². The Bertz CT molecular complexity index is 1110. The molecular weight excluding hydrogens is 364 g/mol. The van der Waals surface area contributed by atoms with Crippen molar-refractivity contribution in [2.75, 3.05) is 5.32 Å². The lowest BCUT2D eigenvalue weighted by Gasteiger charge is -2.00. The summed E-state index contributed by atoms with van der Waals surface area (Å²) in [5, 5.41) is 7.61. The molecule has 0 aliphatic heterocycles. The fraction of sp³-hybridized carbons (Fsp3) is 0.211. The molecule has 1 aromatic carbocycles. The summed E-state index contributed by atoms with van der Waals surface area (Å²) >= 11 is 2.88. The number of fused-ring (bicyclic) bond motifs is 1. The number of aromatic nitrogens is 3. The highest BCUT2D eigenvalue weighted by molar-refractivity contribution is 7.15. The van der Waals surface area contributed by atoms with Gasteiger partial charge in [0, 0.05) is 27.5 Å². The Morgan fingerprint density at radius 2 is 2.04 bits per heavy atom. The minimum Gasteiger partial charge on any atom is -0.358 e. The SMILES string of the molecule is CCc1nc(C)c(C(=O)Nc2nc(-c3c(C)[nH]c4ccccc34)cs2)s1. The number of thiazole rings is 2. The number of hydrogen-bond acceptors (Lipinski definition) is 5. The molecule has 4 aromatic rings. The van der Waals surface area contributed by atoms with Crippen LogP contribution in [0.15, 0.2) is 29.6 Å². The first kappa shape index (κ1) is 16.9. The van der Waals surface area contributed by atoms with Crippen LogP contribution in [0.4, 0.5) is 5.13 Å². The van der Waals surface area contributed by atoms with Crippen molar-refractivity contribution in [3.8, 4) is 11.3 Å². The third kappa shape index (κ3) is 2.93. The van der Waals surface area contributed by atoms with E-state index in [0.717, 1.165) is 45.0 Å². The van der Waals surface area contributed by atoms with Crippen LogP contribution in [0.1, 0.15) is 33.0 Å². The minimum atomic E-state index is -0.142. The molecule has 0 atom stereocenters. The molecule has 0 aliphatic rings. The predicted molar refractivity (Wildman–Crippen MR) is 108 cm³/mol. The van der Waals surface area contributed by atoms with E-state index in [1.54, 1.807) is 0 Å². The van der Waals surface area contributed by atoms with Gasteiger partial charge in [0.25, 0.3) is 5.91 Å². The van der Waals surface area contributed by atoms with Crippen molar-refractivity contribution in [2.24, 2.45) is 0 Å². The van der Waals surface area contributed by atoms with Gasteiger partial charge in [0.05, 0.1) is 16.4 Å². The zero-order valence-corrected chi connectivity index (χ0v) is 16.3. The molecule has 7 heteroatoms. The average molecular weight is 383 g/mol. The van der Waals surface area contributed by atoms with E-state index in [4.69, 9.17) is 0 Å². The van der Waals surface area contributed by atoms with Crippen LogP contribution >= 0.6 is 22.7 Å². The van der Waals surface area contributed by atoms with Crippen LogP contribution in [-0.2, 0) is 6.42 Å². The van der Waals surface area contributed by atoms with Gasteiger partial charge in [-0.3, -0.25) is 10.1 Å². The van der Waals surface area contributed by atoms with Crippen LogP contribution < -0.4 is 5.32 Å². The molecule has 0 saturated heterocycles. The first-order chi connectivity index (χ1) is 12.6. The molecule has 3 aromatic heterocycles. The molecule has 0 unspecified atom stereocenters. The number of hydrogen-bond donors (Lipinski definition) is 2. The van der Waals surface area contributed by atoms with E-state index in [1.807, 2.05) is 38.3 Å². The van der Waals surface area contributed by atoms with Crippen molar-refractivity contribution < 1.29 is 4.79 Å². The highest BCUT2D eigenvalue weighted by Crippen LogP contribution is 2.34. The third-order valence-corrected chi connectivity index (χ3v) is 6.28. The number of nitrogens with one attached hydrogen (secondary N) is 2. The molecule has 3 heterocycles. The highest BCUT2D eigenvalue weighted by atomic mass is 32.1. The summed E-state index contributed by atoms with van der Waals surface area (Å²) in [5.41, 5.74) is 4.88. The molecule has 0 bridgehead atoms. The van der Waals surface area contributed by atoms with Gasteiger partial charge in [0.15, 0.2) is 5.13 Å². The molecule has 2 N–H and O–H groups in total. The van der Waals surface area contributed by atoms with Crippen LogP contribution in [0.5, 0.6) is 0 Å². The first-order valence-corrected chi connectivity index (χ1v) is 10.1. The number of carbonyl (C=O) groups excluding carboxylic acids is 1. The van der Waals surface area contributed by atoms with Crippen molar-refractivity contribution in [2.45, 2.75) is 27.2 Å². The third-order valence-electron chi connectivity index (χ3n) is 4.22. The van der Waals surface area contributed by atoms with Gasteiger partial charge >= 0.3 is 0 Å². The summed E-state index contributed by atoms with van der Waals surface area (Å²) in [4.78, 5) is 25.7. The topological polar surface area (TPSA) is 70.7 Å². The van der Waals surface area contributed by atoms with Gasteiger partial charge in [-0.15, -0.1) is 22.7 Å². The number of rotatable bonds is 4. The molecular formula is C19H18N4OS2. The Labute approximate surface area is 159 Å². The second-order valence-corrected chi connectivity index (χ2v) is 7.98. The van der Waals surface area contributed by atoms with Crippen LogP contribution in [0.25, 0.3) is 22.2 Å². The molecule has 4 rings (SSSR count). The fourth-order valence-electron chi connectivity index (χ4n) is 3.02. The second-order valence-electron chi connectivity index (χ2n) is 6.04. The molecule has 0 spiro atoms. The summed E-state index contributed by atoms with van der Waals surface area (Å²) in [5.74, 6) is -0.142. The maximum Gasteiger partial charge on any atom is 0.269 e. The number of anilines is 1. The number of carbonyl (C=O) groups is 1. The number of amides is 1. The Morgan fingerprint density at radius 1 is 1.23 bits per heavy atom. The lowest BCUT2D eigenvalue weighted by molar-refractivity contribution is 0.103. The average Bonchev–Trinajstić information content (AvgIpc) is 3.30. The molecule has 5 nitrogen and oxygen atoms in total. The smallest absolute Gasteiger partial charge is 0.269 e. The molecule has 0 saturated carbocycles. The highest BCUT2D eigenvalue weighted by Gasteiger charge is 2.18. The van der Waals surface area contributed by atoms with Crippen LogP contribution in [0, 0.1) is 13.8 Å². The van der Waals surface area contributed by atoms with E-state index in [9.17, 15) is 4.79 Å². The predicted octanol–water partition coefficient (Wildman–Crippen LogP) is 5.18. The normalized spacial score (nSPS) is 11.2. The maximum atomic E-state index is 12.6. The van der Waals surface area contributed by atoms with E-state index >= 15 is 0 Å². The van der Waals surface area contributed by atoms with Gasteiger partial charge in [0.1, 0.15) is 4.88 Å². The number of para-hydroxylation sites is 1. The first-order valence-electron chi connectivity index (χ1n) is 8.37. The number of benzene rings is 1. The number of H-pyrrole nitrogens is 1. The minimum absolute atomic E-state index is 0.142. The van der Waals surface area contributed by atoms with Crippen molar-refractivity contribution in [1.82, 2.24) is 15.0 Å². The Hall–Kier alpha value is -2.51. The van der Waals surface area contributed by atoms with E-state index in [1.165, 1.54) is 22.7 Å². The molecule has 26 heavy (non-hydrogen) atoms. The van der Waals surface area contributed by atoms with Gasteiger partial charge in [-0.2, -0.15) is 0 Å². The summed E-state index contributed by atoms with van der Waals surface area (Å²) in [7, 11) is 0. The Kier molecular flexibility index (Phi) is 4.34. The van der Waals surface area contributed by atoms with Crippen LogP contribution in [0.3, 0.4) is 0 Å². The summed E-state index contributed by atoms with van der Waals surface area (Å²) < 4.78 is 0. The van der Waals surface area contributed by atoms with Gasteiger partial charge in [-0.1, -0.05) is 25.1 Å². The van der Waals surface area contributed by atoms with Crippen molar-refractivity contribution in [3.05, 3.63) is 50.9 Å².